The molecule has 1 N–H and O–H groups in total. The van der Waals surface area contributed by atoms with Gasteiger partial charge in [0.2, 0.25) is 0 Å². The van der Waals surface area contributed by atoms with E-state index in [1.165, 1.54) is 0 Å². The summed E-state index contributed by atoms with van der Waals surface area (Å²) in [6.45, 7) is 2.06. The largest absolute Gasteiger partial charge is 0.326 e. The highest BCUT2D eigenvalue weighted by atomic mass is 16.1. The molecule has 12 heavy (non-hydrogen) atoms. The summed E-state index contributed by atoms with van der Waals surface area (Å²) < 4.78 is 1.92. The van der Waals surface area contributed by atoms with Crippen LogP contribution in [0.1, 0.15) is 12.6 Å². The average molecular weight is 162 g/mol. The van der Waals surface area contributed by atoms with Crippen LogP contribution in [0.15, 0.2) is 29.3 Å². The summed E-state index contributed by atoms with van der Waals surface area (Å²) in [6.07, 6.45) is 4.58. The van der Waals surface area contributed by atoms with Gasteiger partial charge in [0.15, 0.2) is 0 Å². The number of nitrogens with zero attached hydrogens (tertiary/aromatic N) is 1. The molecule has 0 bridgehead atoms. The molecular formula is C9H10N2O. The first-order valence-electron chi connectivity index (χ1n) is 4.00. The van der Waals surface area contributed by atoms with Gasteiger partial charge in [-0.2, -0.15) is 0 Å². The van der Waals surface area contributed by atoms with E-state index in [2.05, 4.69) is 11.9 Å². The van der Waals surface area contributed by atoms with Gasteiger partial charge in [0.25, 0.3) is 5.56 Å². The van der Waals surface area contributed by atoms with Crippen LogP contribution in [0, 0.1) is 0 Å². The molecule has 0 amide bonds. The van der Waals surface area contributed by atoms with E-state index in [0.29, 0.717) is 5.52 Å². The third-order valence-electron chi connectivity index (χ3n) is 2.02. The Balaban J connectivity index is 2.92. The molecule has 0 saturated heterocycles. The number of aryl methyl sites for hydroxylation is 1. The minimum Gasteiger partial charge on any atom is -0.326 e. The van der Waals surface area contributed by atoms with E-state index in [-0.39, 0.29) is 5.56 Å². The predicted octanol–water partition coefficient (Wildman–Crippen LogP) is 1.19. The third kappa shape index (κ3) is 0.863. The minimum absolute atomic E-state index is 0.0304. The Hall–Kier alpha value is -1.51. The molecule has 3 heteroatoms. The highest BCUT2D eigenvalue weighted by Gasteiger charge is 1.99. The number of nitrogens with one attached hydrogen (secondary N) is 1. The summed E-state index contributed by atoms with van der Waals surface area (Å²) in [7, 11) is 0. The highest BCUT2D eigenvalue weighted by molar-refractivity contribution is 5.45. The van der Waals surface area contributed by atoms with Crippen molar-refractivity contribution in [1.82, 2.24) is 9.38 Å². The molecule has 2 rings (SSSR count). The summed E-state index contributed by atoms with van der Waals surface area (Å²) in [5.41, 5.74) is 1.81. The SMILES string of the molecule is CCc1c[nH]c(=O)c2cccn12. The fourth-order valence-corrected chi connectivity index (χ4v) is 1.38. The van der Waals surface area contributed by atoms with Crippen LogP contribution < -0.4 is 5.56 Å². The Labute approximate surface area is 69.7 Å². The van der Waals surface area contributed by atoms with Gasteiger partial charge in [0.1, 0.15) is 5.52 Å². The molecule has 0 unspecified atom stereocenters. The molecular weight excluding hydrogens is 152 g/mol. The molecule has 0 aliphatic rings. The van der Waals surface area contributed by atoms with Gasteiger partial charge in [0, 0.05) is 18.1 Å². The van der Waals surface area contributed by atoms with E-state index >= 15 is 0 Å². The molecule has 3 nitrogen and oxygen atoms in total. The number of aromatic amines is 1. The summed E-state index contributed by atoms with van der Waals surface area (Å²) in [6, 6.07) is 3.70. The van der Waals surface area contributed by atoms with Gasteiger partial charge in [-0.25, -0.2) is 0 Å². The van der Waals surface area contributed by atoms with Crippen molar-refractivity contribution in [2.45, 2.75) is 13.3 Å². The molecule has 2 aromatic heterocycles. The molecule has 0 fully saturated rings. The van der Waals surface area contributed by atoms with Crippen molar-refractivity contribution >= 4 is 5.52 Å². The summed E-state index contributed by atoms with van der Waals surface area (Å²) in [4.78, 5) is 13.9. The molecule has 2 heterocycles. The van der Waals surface area contributed by atoms with Crippen LogP contribution in [-0.2, 0) is 6.42 Å². The fourth-order valence-electron chi connectivity index (χ4n) is 1.38. The molecule has 0 aromatic carbocycles. The quantitative estimate of drug-likeness (QED) is 0.672. The van der Waals surface area contributed by atoms with E-state index in [1.807, 2.05) is 22.7 Å². The van der Waals surface area contributed by atoms with Gasteiger partial charge in [-0.05, 0) is 18.6 Å². The van der Waals surface area contributed by atoms with Gasteiger partial charge >= 0.3 is 0 Å². The lowest BCUT2D eigenvalue weighted by atomic mass is 10.3. The number of rotatable bonds is 1. The predicted molar refractivity (Wildman–Crippen MR) is 47.4 cm³/mol. The molecule has 62 valence electrons. The minimum atomic E-state index is -0.0304. The third-order valence-corrected chi connectivity index (χ3v) is 2.02. The van der Waals surface area contributed by atoms with Crippen molar-refractivity contribution in [1.29, 1.82) is 0 Å². The van der Waals surface area contributed by atoms with Crippen molar-refractivity contribution in [3.8, 4) is 0 Å². The lowest BCUT2D eigenvalue weighted by Gasteiger charge is -2.00. The maximum atomic E-state index is 11.2. The monoisotopic (exact) mass is 162 g/mol. The number of hydrogen-bond donors (Lipinski definition) is 1. The first kappa shape index (κ1) is 7.16. The lowest BCUT2D eigenvalue weighted by molar-refractivity contribution is 0.945. The molecule has 0 aliphatic heterocycles. The van der Waals surface area contributed by atoms with Crippen molar-refractivity contribution < 1.29 is 0 Å². The van der Waals surface area contributed by atoms with E-state index in [9.17, 15) is 4.79 Å². The number of aromatic nitrogens is 2. The summed E-state index contributed by atoms with van der Waals surface area (Å²) in [5.74, 6) is 0. The van der Waals surface area contributed by atoms with Crippen molar-refractivity contribution in [2.24, 2.45) is 0 Å². The Morgan fingerprint density at radius 1 is 1.58 bits per heavy atom. The van der Waals surface area contributed by atoms with Crippen molar-refractivity contribution in [3.05, 3.63) is 40.6 Å². The van der Waals surface area contributed by atoms with Crippen LogP contribution in [0.2, 0.25) is 0 Å². The Bertz CT molecular complexity index is 453. The molecule has 0 spiro atoms. The zero-order valence-corrected chi connectivity index (χ0v) is 6.87. The number of H-pyrrole nitrogens is 1. The van der Waals surface area contributed by atoms with Gasteiger partial charge in [-0.3, -0.25) is 4.79 Å². The first-order valence-corrected chi connectivity index (χ1v) is 4.00. The van der Waals surface area contributed by atoms with Crippen LogP contribution in [0.5, 0.6) is 0 Å². The lowest BCUT2D eigenvalue weighted by Crippen LogP contribution is -2.10. The standard InChI is InChI=1S/C9H10N2O/c1-2-7-6-10-9(12)8-4-3-5-11(7)8/h3-6H,2H2,1H3,(H,10,12). The second kappa shape index (κ2) is 2.52. The zero-order valence-electron chi connectivity index (χ0n) is 6.87. The summed E-state index contributed by atoms with van der Waals surface area (Å²) >= 11 is 0. The van der Waals surface area contributed by atoms with Gasteiger partial charge < -0.3 is 9.38 Å². The maximum absolute atomic E-state index is 11.2. The normalized spacial score (nSPS) is 10.8. The Morgan fingerprint density at radius 3 is 3.17 bits per heavy atom. The topological polar surface area (TPSA) is 37.3 Å². The maximum Gasteiger partial charge on any atom is 0.272 e. The number of fused-ring (bicyclic) bond motifs is 1. The van der Waals surface area contributed by atoms with Gasteiger partial charge in [-0.15, -0.1) is 0 Å². The second-order valence-corrected chi connectivity index (χ2v) is 2.73. The molecule has 2 aromatic rings. The number of hydrogen-bond acceptors (Lipinski definition) is 1. The van der Waals surface area contributed by atoms with Crippen LogP contribution >= 0.6 is 0 Å². The van der Waals surface area contributed by atoms with Crippen molar-refractivity contribution in [3.63, 3.8) is 0 Å². The van der Waals surface area contributed by atoms with Gasteiger partial charge in [-0.1, -0.05) is 6.92 Å². The van der Waals surface area contributed by atoms with Crippen molar-refractivity contribution in [2.75, 3.05) is 0 Å². The second-order valence-electron chi connectivity index (χ2n) is 2.73. The first-order chi connectivity index (χ1) is 5.83. The average Bonchev–Trinajstić information content (AvgIpc) is 2.54. The van der Waals surface area contributed by atoms with Crippen LogP contribution in [0.4, 0.5) is 0 Å². The molecule has 0 radical (unpaired) electrons. The zero-order chi connectivity index (χ0) is 8.55. The van der Waals surface area contributed by atoms with Crippen LogP contribution in [0.25, 0.3) is 5.52 Å². The molecule has 0 saturated carbocycles. The van der Waals surface area contributed by atoms with Crippen LogP contribution in [-0.4, -0.2) is 9.38 Å². The molecule has 0 atom stereocenters. The highest BCUT2D eigenvalue weighted by Crippen LogP contribution is 2.02. The van der Waals surface area contributed by atoms with E-state index in [4.69, 9.17) is 0 Å². The van der Waals surface area contributed by atoms with E-state index < -0.39 is 0 Å². The van der Waals surface area contributed by atoms with E-state index in [1.54, 1.807) is 6.20 Å². The smallest absolute Gasteiger partial charge is 0.272 e. The Morgan fingerprint density at radius 2 is 2.42 bits per heavy atom. The summed E-state index contributed by atoms with van der Waals surface area (Å²) in [5, 5.41) is 0. The Kier molecular flexibility index (Phi) is 1.50. The van der Waals surface area contributed by atoms with Gasteiger partial charge in [0.05, 0.1) is 0 Å². The van der Waals surface area contributed by atoms with Crippen LogP contribution in [0.3, 0.4) is 0 Å². The fraction of sp³-hybridized carbons (Fsp3) is 0.222. The van der Waals surface area contributed by atoms with E-state index in [0.717, 1.165) is 12.1 Å². The molecule has 0 aliphatic carbocycles.